The fourth-order valence-corrected chi connectivity index (χ4v) is 1.15. The molecule has 0 aliphatic carbocycles. The molecule has 98 valence electrons. The number of rotatable bonds is 8. The lowest BCUT2D eigenvalue weighted by Gasteiger charge is -2.22. The minimum absolute atomic E-state index is 0.00992. The molecule has 4 nitrogen and oxygen atoms in total. The molecular weight excluding hydrogens is 227 g/mol. The number of methoxy groups -OCH3 is 2. The summed E-state index contributed by atoms with van der Waals surface area (Å²) in [5.41, 5.74) is 0. The summed E-state index contributed by atoms with van der Waals surface area (Å²) in [6.45, 7) is 0.882. The highest BCUT2D eigenvalue weighted by atomic mass is 19.4. The van der Waals surface area contributed by atoms with Crippen LogP contribution in [0.5, 0.6) is 0 Å². The molecule has 0 saturated heterocycles. The Balaban J connectivity index is 3.51. The Morgan fingerprint density at radius 2 is 1.75 bits per heavy atom. The fourth-order valence-electron chi connectivity index (χ4n) is 1.15. The number of hydrogen-bond donors (Lipinski definition) is 1. The maximum atomic E-state index is 11.7. The summed E-state index contributed by atoms with van der Waals surface area (Å²) >= 11 is 0. The van der Waals surface area contributed by atoms with Gasteiger partial charge in [0.2, 0.25) is 0 Å². The molecule has 16 heavy (non-hydrogen) atoms. The molecule has 0 aromatic rings. The van der Waals surface area contributed by atoms with Crippen molar-refractivity contribution in [2.24, 2.45) is 0 Å². The second kappa shape index (κ2) is 7.83. The fraction of sp³-hybridized carbons (Fsp3) is 1.00. The van der Waals surface area contributed by atoms with E-state index >= 15 is 0 Å². The van der Waals surface area contributed by atoms with Gasteiger partial charge in [0, 0.05) is 20.8 Å². The topological polar surface area (TPSA) is 39.7 Å². The van der Waals surface area contributed by atoms with Gasteiger partial charge in [-0.1, -0.05) is 0 Å². The lowest BCUT2D eigenvalue weighted by Crippen LogP contribution is -2.41. The van der Waals surface area contributed by atoms with Crippen molar-refractivity contribution in [3.8, 4) is 0 Å². The smallest absolute Gasteiger partial charge is 0.371 e. The molecule has 0 amide bonds. The van der Waals surface area contributed by atoms with Crippen LogP contribution in [-0.4, -0.2) is 52.5 Å². The predicted molar refractivity (Wildman–Crippen MR) is 52.1 cm³/mol. The summed E-state index contributed by atoms with van der Waals surface area (Å²) < 4.78 is 49.4. The third-order valence-electron chi connectivity index (χ3n) is 1.85. The van der Waals surface area contributed by atoms with Gasteiger partial charge in [-0.25, -0.2) is 0 Å². The van der Waals surface area contributed by atoms with Crippen LogP contribution in [-0.2, 0) is 14.2 Å². The standard InChI is InChI=1S/C9H18F3NO3/c1-7(8(14-2)15-3)13-4-5-16-6-9(10,11)12/h7-8,13H,4-6H2,1-3H3. The van der Waals surface area contributed by atoms with Gasteiger partial charge in [0.25, 0.3) is 0 Å². The highest BCUT2D eigenvalue weighted by molar-refractivity contribution is 4.64. The zero-order chi connectivity index (χ0) is 12.6. The Bertz CT molecular complexity index is 174. The van der Waals surface area contributed by atoms with E-state index in [4.69, 9.17) is 9.47 Å². The predicted octanol–water partition coefficient (Wildman–Crippen LogP) is 1.16. The summed E-state index contributed by atoms with van der Waals surface area (Å²) in [5.74, 6) is 0. The van der Waals surface area contributed by atoms with Gasteiger partial charge in [-0.3, -0.25) is 0 Å². The maximum Gasteiger partial charge on any atom is 0.411 e. The zero-order valence-corrected chi connectivity index (χ0v) is 9.63. The quantitative estimate of drug-likeness (QED) is 0.514. The van der Waals surface area contributed by atoms with Crippen molar-refractivity contribution < 1.29 is 27.4 Å². The maximum absolute atomic E-state index is 11.7. The van der Waals surface area contributed by atoms with Crippen LogP contribution in [0.3, 0.4) is 0 Å². The normalized spacial score (nSPS) is 14.4. The molecule has 0 bridgehead atoms. The number of halogens is 3. The van der Waals surface area contributed by atoms with Gasteiger partial charge in [0.05, 0.1) is 12.6 Å². The van der Waals surface area contributed by atoms with Crippen LogP contribution in [0.15, 0.2) is 0 Å². The van der Waals surface area contributed by atoms with E-state index in [2.05, 4.69) is 10.1 Å². The summed E-state index contributed by atoms with van der Waals surface area (Å²) in [6, 6.07) is -0.121. The molecule has 0 fully saturated rings. The molecule has 0 heterocycles. The monoisotopic (exact) mass is 245 g/mol. The second-order valence-electron chi connectivity index (χ2n) is 3.25. The Morgan fingerprint density at radius 1 is 1.19 bits per heavy atom. The number of alkyl halides is 3. The molecule has 0 rings (SSSR count). The first-order valence-corrected chi connectivity index (χ1v) is 4.84. The Kier molecular flexibility index (Phi) is 7.65. The molecule has 0 saturated carbocycles. The third-order valence-corrected chi connectivity index (χ3v) is 1.85. The van der Waals surface area contributed by atoms with E-state index in [0.717, 1.165) is 0 Å². The van der Waals surface area contributed by atoms with E-state index in [1.165, 1.54) is 14.2 Å². The Hall–Kier alpha value is -0.370. The lowest BCUT2D eigenvalue weighted by atomic mass is 10.3. The van der Waals surface area contributed by atoms with E-state index in [1.54, 1.807) is 6.92 Å². The molecule has 7 heteroatoms. The first-order chi connectivity index (χ1) is 7.40. The van der Waals surface area contributed by atoms with Crippen LogP contribution < -0.4 is 5.32 Å². The van der Waals surface area contributed by atoms with Crippen LogP contribution in [0.4, 0.5) is 13.2 Å². The second-order valence-corrected chi connectivity index (χ2v) is 3.25. The highest BCUT2D eigenvalue weighted by Gasteiger charge is 2.27. The number of hydrogen-bond acceptors (Lipinski definition) is 4. The van der Waals surface area contributed by atoms with Crippen LogP contribution in [0.25, 0.3) is 0 Å². The van der Waals surface area contributed by atoms with Gasteiger partial charge in [0.15, 0.2) is 6.29 Å². The lowest BCUT2D eigenvalue weighted by molar-refractivity contribution is -0.174. The number of ether oxygens (including phenoxy) is 3. The molecular formula is C9H18F3NO3. The van der Waals surface area contributed by atoms with Gasteiger partial charge >= 0.3 is 6.18 Å². The average molecular weight is 245 g/mol. The van der Waals surface area contributed by atoms with Crippen LogP contribution in [0.1, 0.15) is 6.92 Å². The van der Waals surface area contributed by atoms with Crippen molar-refractivity contribution in [2.75, 3.05) is 34.0 Å². The third kappa shape index (κ3) is 7.86. The van der Waals surface area contributed by atoms with Crippen molar-refractivity contribution in [2.45, 2.75) is 25.4 Å². The van der Waals surface area contributed by atoms with Gasteiger partial charge < -0.3 is 19.5 Å². The minimum Gasteiger partial charge on any atom is -0.371 e. The zero-order valence-electron chi connectivity index (χ0n) is 9.63. The molecule has 1 N–H and O–H groups in total. The van der Waals surface area contributed by atoms with E-state index < -0.39 is 19.1 Å². The van der Waals surface area contributed by atoms with Gasteiger partial charge in [-0.2, -0.15) is 13.2 Å². The van der Waals surface area contributed by atoms with Gasteiger partial charge in [0.1, 0.15) is 6.61 Å². The SMILES string of the molecule is COC(OC)C(C)NCCOCC(F)(F)F. The Labute approximate surface area is 93.0 Å². The van der Waals surface area contributed by atoms with E-state index in [0.29, 0.717) is 6.54 Å². The van der Waals surface area contributed by atoms with Gasteiger partial charge in [-0.15, -0.1) is 0 Å². The summed E-state index contributed by atoms with van der Waals surface area (Å²) in [6.07, 6.45) is -4.70. The first kappa shape index (κ1) is 15.6. The van der Waals surface area contributed by atoms with E-state index in [-0.39, 0.29) is 12.6 Å². The average Bonchev–Trinajstić information content (AvgIpc) is 2.17. The highest BCUT2D eigenvalue weighted by Crippen LogP contribution is 2.13. The van der Waals surface area contributed by atoms with Crippen molar-refractivity contribution in [3.05, 3.63) is 0 Å². The largest absolute Gasteiger partial charge is 0.411 e. The number of nitrogens with one attached hydrogen (secondary N) is 1. The van der Waals surface area contributed by atoms with Crippen molar-refractivity contribution in [1.29, 1.82) is 0 Å². The molecule has 0 aromatic heterocycles. The Morgan fingerprint density at radius 3 is 2.19 bits per heavy atom. The molecule has 0 aliphatic heterocycles. The molecule has 0 aliphatic rings. The minimum atomic E-state index is -4.27. The summed E-state index contributed by atoms with van der Waals surface area (Å²) in [5, 5.41) is 2.93. The van der Waals surface area contributed by atoms with E-state index in [1.807, 2.05) is 0 Å². The van der Waals surface area contributed by atoms with Crippen molar-refractivity contribution >= 4 is 0 Å². The molecule has 0 radical (unpaired) electrons. The van der Waals surface area contributed by atoms with Crippen molar-refractivity contribution in [1.82, 2.24) is 5.32 Å². The molecule has 1 atom stereocenters. The summed E-state index contributed by atoms with van der Waals surface area (Å²) in [4.78, 5) is 0. The first-order valence-electron chi connectivity index (χ1n) is 4.84. The van der Waals surface area contributed by atoms with Crippen LogP contribution >= 0.6 is 0 Å². The van der Waals surface area contributed by atoms with E-state index in [9.17, 15) is 13.2 Å². The molecule has 0 spiro atoms. The van der Waals surface area contributed by atoms with Crippen LogP contribution in [0.2, 0.25) is 0 Å². The van der Waals surface area contributed by atoms with Gasteiger partial charge in [-0.05, 0) is 6.92 Å². The molecule has 1 unspecified atom stereocenters. The summed E-state index contributed by atoms with van der Waals surface area (Å²) in [7, 11) is 2.99. The van der Waals surface area contributed by atoms with Crippen LogP contribution in [0, 0.1) is 0 Å². The molecule has 0 aromatic carbocycles. The van der Waals surface area contributed by atoms with Crippen molar-refractivity contribution in [3.63, 3.8) is 0 Å².